The minimum absolute atomic E-state index is 0.132. The maximum absolute atomic E-state index is 12.2. The van der Waals surface area contributed by atoms with E-state index in [0.717, 1.165) is 15.6 Å². The molecule has 3 N–H and O–H groups in total. The van der Waals surface area contributed by atoms with E-state index in [0.29, 0.717) is 17.1 Å². The van der Waals surface area contributed by atoms with Crippen LogP contribution in [-0.2, 0) is 20.8 Å². The van der Waals surface area contributed by atoms with Crippen LogP contribution >= 0.6 is 23.1 Å². The maximum Gasteiger partial charge on any atom is 0.234 e. The van der Waals surface area contributed by atoms with Gasteiger partial charge in [-0.05, 0) is 48.9 Å². The largest absolute Gasteiger partial charge is 0.326 e. The lowest BCUT2D eigenvalue weighted by Crippen LogP contribution is -2.15. The number of thioether (sulfide) groups is 1. The highest BCUT2D eigenvalue weighted by atomic mass is 32.2. The maximum atomic E-state index is 12.2. The Morgan fingerprint density at radius 2 is 1.61 bits per heavy atom. The standard InChI is InChI=1S/C22H22N4O3S2/c1-14-4-3-5-18(10-14)25-20(28)11-19-12-30-22(26-19)31-13-21(29)24-17-8-6-16(7-9-17)23-15(2)27/h3-10,12H,11,13H2,1-2H3,(H,23,27)(H,24,29)(H,25,28). The number of aromatic nitrogens is 1. The molecule has 0 aliphatic heterocycles. The molecule has 0 radical (unpaired) electrons. The molecule has 0 bridgehead atoms. The van der Waals surface area contributed by atoms with E-state index in [2.05, 4.69) is 20.9 Å². The van der Waals surface area contributed by atoms with Crippen molar-refractivity contribution < 1.29 is 14.4 Å². The smallest absolute Gasteiger partial charge is 0.234 e. The van der Waals surface area contributed by atoms with Crippen LogP contribution in [0.2, 0.25) is 0 Å². The Balaban J connectivity index is 1.44. The highest BCUT2D eigenvalue weighted by molar-refractivity contribution is 8.01. The van der Waals surface area contributed by atoms with E-state index < -0.39 is 0 Å². The summed E-state index contributed by atoms with van der Waals surface area (Å²) in [6.07, 6.45) is 0.178. The molecule has 1 aromatic heterocycles. The molecular weight excluding hydrogens is 432 g/mol. The van der Waals surface area contributed by atoms with Crippen molar-refractivity contribution in [3.8, 4) is 0 Å². The molecule has 9 heteroatoms. The Labute approximate surface area is 188 Å². The zero-order valence-corrected chi connectivity index (χ0v) is 18.7. The zero-order chi connectivity index (χ0) is 22.2. The van der Waals surface area contributed by atoms with Gasteiger partial charge in [0, 0.05) is 29.4 Å². The van der Waals surface area contributed by atoms with E-state index in [-0.39, 0.29) is 29.9 Å². The first-order valence-corrected chi connectivity index (χ1v) is 11.3. The van der Waals surface area contributed by atoms with E-state index >= 15 is 0 Å². The van der Waals surface area contributed by atoms with Crippen molar-refractivity contribution in [3.63, 3.8) is 0 Å². The molecular formula is C22H22N4O3S2. The first kappa shape index (κ1) is 22.5. The van der Waals surface area contributed by atoms with Crippen molar-refractivity contribution in [1.29, 1.82) is 0 Å². The summed E-state index contributed by atoms with van der Waals surface area (Å²) < 4.78 is 0.731. The van der Waals surface area contributed by atoms with Crippen LogP contribution in [0.3, 0.4) is 0 Å². The van der Waals surface area contributed by atoms with Crippen molar-refractivity contribution in [3.05, 3.63) is 65.2 Å². The summed E-state index contributed by atoms with van der Waals surface area (Å²) in [4.78, 5) is 39.9. The van der Waals surface area contributed by atoms with Crippen molar-refractivity contribution >= 4 is 57.9 Å². The number of carbonyl (C=O) groups excluding carboxylic acids is 3. The quantitative estimate of drug-likeness (QED) is 0.440. The minimum Gasteiger partial charge on any atom is -0.326 e. The number of carbonyl (C=O) groups is 3. The third-order valence-corrected chi connectivity index (χ3v) is 6.06. The molecule has 0 saturated heterocycles. The van der Waals surface area contributed by atoms with E-state index in [1.165, 1.54) is 30.0 Å². The summed E-state index contributed by atoms with van der Waals surface area (Å²) in [5.74, 6) is -0.238. The molecule has 0 unspecified atom stereocenters. The fourth-order valence-electron chi connectivity index (χ4n) is 2.69. The molecule has 7 nitrogen and oxygen atoms in total. The van der Waals surface area contributed by atoms with E-state index in [1.54, 1.807) is 24.3 Å². The first-order valence-electron chi connectivity index (χ1n) is 9.48. The molecule has 1 heterocycles. The van der Waals surface area contributed by atoms with Gasteiger partial charge in [0.2, 0.25) is 17.7 Å². The van der Waals surface area contributed by atoms with Gasteiger partial charge in [-0.1, -0.05) is 23.9 Å². The predicted molar refractivity (Wildman–Crippen MR) is 126 cm³/mol. The molecule has 2 aromatic carbocycles. The molecule has 0 spiro atoms. The van der Waals surface area contributed by atoms with Gasteiger partial charge in [0.15, 0.2) is 4.34 Å². The molecule has 3 rings (SSSR count). The lowest BCUT2D eigenvalue weighted by Gasteiger charge is -2.06. The lowest BCUT2D eigenvalue weighted by molar-refractivity contribution is -0.116. The van der Waals surface area contributed by atoms with Gasteiger partial charge in [0.05, 0.1) is 17.9 Å². The Morgan fingerprint density at radius 1 is 0.935 bits per heavy atom. The Morgan fingerprint density at radius 3 is 2.29 bits per heavy atom. The highest BCUT2D eigenvalue weighted by Gasteiger charge is 2.11. The second-order valence-electron chi connectivity index (χ2n) is 6.79. The van der Waals surface area contributed by atoms with Crippen LogP contribution in [0.5, 0.6) is 0 Å². The van der Waals surface area contributed by atoms with Crippen LogP contribution in [0, 0.1) is 6.92 Å². The second-order valence-corrected chi connectivity index (χ2v) is 8.88. The summed E-state index contributed by atoms with van der Waals surface area (Å²) in [7, 11) is 0. The van der Waals surface area contributed by atoms with Crippen LogP contribution in [0.4, 0.5) is 17.1 Å². The van der Waals surface area contributed by atoms with Crippen LogP contribution in [-0.4, -0.2) is 28.5 Å². The van der Waals surface area contributed by atoms with Crippen LogP contribution < -0.4 is 16.0 Å². The lowest BCUT2D eigenvalue weighted by atomic mass is 10.2. The zero-order valence-electron chi connectivity index (χ0n) is 17.1. The van der Waals surface area contributed by atoms with E-state index in [9.17, 15) is 14.4 Å². The fraction of sp³-hybridized carbons (Fsp3) is 0.182. The van der Waals surface area contributed by atoms with Crippen LogP contribution in [0.25, 0.3) is 0 Å². The number of thiazole rings is 1. The van der Waals surface area contributed by atoms with E-state index in [1.807, 2.05) is 36.6 Å². The van der Waals surface area contributed by atoms with Gasteiger partial charge in [-0.15, -0.1) is 11.3 Å². The number of nitrogens with zero attached hydrogens (tertiary/aromatic N) is 1. The van der Waals surface area contributed by atoms with Gasteiger partial charge in [-0.25, -0.2) is 4.98 Å². The van der Waals surface area contributed by atoms with Gasteiger partial charge >= 0.3 is 0 Å². The van der Waals surface area contributed by atoms with Gasteiger partial charge in [-0.3, -0.25) is 14.4 Å². The van der Waals surface area contributed by atoms with E-state index in [4.69, 9.17) is 0 Å². The van der Waals surface area contributed by atoms with Crippen molar-refractivity contribution in [1.82, 2.24) is 4.98 Å². The Kier molecular flexibility index (Phi) is 7.80. The molecule has 3 amide bonds. The third-order valence-electron chi connectivity index (χ3n) is 3.99. The monoisotopic (exact) mass is 454 g/mol. The van der Waals surface area contributed by atoms with Crippen molar-refractivity contribution in [2.24, 2.45) is 0 Å². The fourth-order valence-corrected chi connectivity index (χ4v) is 4.34. The molecule has 0 aliphatic rings. The van der Waals surface area contributed by atoms with Gasteiger partial charge < -0.3 is 16.0 Å². The summed E-state index contributed by atoms with van der Waals surface area (Å²) in [5, 5.41) is 10.2. The van der Waals surface area contributed by atoms with Gasteiger partial charge in [0.25, 0.3) is 0 Å². The van der Waals surface area contributed by atoms with Crippen LogP contribution in [0.1, 0.15) is 18.2 Å². The number of hydrogen-bond acceptors (Lipinski definition) is 6. The summed E-state index contributed by atoms with van der Waals surface area (Å²) in [5.41, 5.74) is 3.82. The number of benzene rings is 2. The second kappa shape index (κ2) is 10.7. The Bertz CT molecular complexity index is 1080. The molecule has 0 saturated carbocycles. The van der Waals surface area contributed by atoms with Gasteiger partial charge in [0.1, 0.15) is 0 Å². The highest BCUT2D eigenvalue weighted by Crippen LogP contribution is 2.23. The van der Waals surface area contributed by atoms with Crippen LogP contribution in [0.15, 0.2) is 58.3 Å². The number of nitrogens with one attached hydrogen (secondary N) is 3. The topological polar surface area (TPSA) is 100 Å². The molecule has 0 fully saturated rings. The Hall–Kier alpha value is -3.17. The average Bonchev–Trinajstić information content (AvgIpc) is 3.14. The number of anilines is 3. The number of hydrogen-bond donors (Lipinski definition) is 3. The minimum atomic E-state index is -0.161. The number of amides is 3. The third kappa shape index (κ3) is 7.54. The SMILES string of the molecule is CC(=O)Nc1ccc(NC(=O)CSc2nc(CC(=O)Nc3cccc(C)c3)cs2)cc1. The average molecular weight is 455 g/mol. The summed E-state index contributed by atoms with van der Waals surface area (Å²) in [6.45, 7) is 3.41. The molecule has 3 aromatic rings. The van der Waals surface area contributed by atoms with Crippen molar-refractivity contribution in [2.45, 2.75) is 24.6 Å². The molecule has 160 valence electrons. The van der Waals surface area contributed by atoms with Gasteiger partial charge in [-0.2, -0.15) is 0 Å². The predicted octanol–water partition coefficient (Wildman–Crippen LogP) is 4.32. The molecule has 0 aliphatic carbocycles. The number of rotatable bonds is 8. The molecule has 0 atom stereocenters. The normalized spacial score (nSPS) is 10.4. The first-order chi connectivity index (χ1) is 14.9. The summed E-state index contributed by atoms with van der Waals surface area (Å²) in [6, 6.07) is 14.5. The van der Waals surface area contributed by atoms with Crippen molar-refractivity contribution in [2.75, 3.05) is 21.7 Å². The summed E-state index contributed by atoms with van der Waals surface area (Å²) >= 11 is 2.73. The number of aryl methyl sites for hydroxylation is 1. The molecule has 31 heavy (non-hydrogen) atoms.